The highest BCUT2D eigenvalue weighted by molar-refractivity contribution is 5.72. The van der Waals surface area contributed by atoms with Gasteiger partial charge in [0.05, 0.1) is 6.42 Å². The lowest BCUT2D eigenvalue weighted by Gasteiger charge is -2.18. The summed E-state index contributed by atoms with van der Waals surface area (Å²) in [5.41, 5.74) is 0. The largest absolute Gasteiger partial charge is 0.462 e. The van der Waals surface area contributed by atoms with Gasteiger partial charge in [0.15, 0.2) is 6.10 Å². The highest BCUT2D eigenvalue weighted by Crippen LogP contribution is 2.14. The molecule has 0 spiro atoms. The zero-order valence-corrected chi connectivity index (χ0v) is 42.2. The summed E-state index contributed by atoms with van der Waals surface area (Å²) in [6.45, 7) is 6.35. The maximum absolute atomic E-state index is 12.7. The maximum atomic E-state index is 12.7. The first-order chi connectivity index (χ1) is 32.0. The predicted molar refractivity (Wildman–Crippen MR) is 279 cm³/mol. The number of allylic oxidation sites excluding steroid dienone is 15. The average Bonchev–Trinajstić information content (AvgIpc) is 3.30. The van der Waals surface area contributed by atoms with Gasteiger partial charge < -0.3 is 14.2 Å². The van der Waals surface area contributed by atoms with Crippen molar-refractivity contribution in [3.05, 3.63) is 97.2 Å². The molecule has 0 aromatic heterocycles. The van der Waals surface area contributed by atoms with E-state index < -0.39 is 12.1 Å². The minimum Gasteiger partial charge on any atom is -0.462 e. The summed E-state index contributed by atoms with van der Waals surface area (Å²) < 4.78 is 16.7. The molecular formula is C59H98O6. The predicted octanol–water partition coefficient (Wildman–Crippen LogP) is 17.8. The SMILES string of the molecule is CC/C=C\C/C=C\C/C=C\C/C=C\C/C=C\CC(=O)OC(COC(=O)CCCCCCC/C=C\C/C=C\CCC)COC(=O)CCCCCCCCCCC/C=C\CCCCCCCC. The van der Waals surface area contributed by atoms with Crippen LogP contribution in [0.5, 0.6) is 0 Å². The Kier molecular flexibility index (Phi) is 50.0. The summed E-state index contributed by atoms with van der Waals surface area (Å²) >= 11 is 0. The van der Waals surface area contributed by atoms with Gasteiger partial charge in [0.2, 0.25) is 0 Å². The molecule has 6 heteroatoms. The Morgan fingerprint density at radius 1 is 0.338 bits per heavy atom. The van der Waals surface area contributed by atoms with E-state index >= 15 is 0 Å². The summed E-state index contributed by atoms with van der Waals surface area (Å²) in [7, 11) is 0. The van der Waals surface area contributed by atoms with Crippen molar-refractivity contribution in [2.24, 2.45) is 0 Å². The van der Waals surface area contributed by atoms with Gasteiger partial charge >= 0.3 is 17.9 Å². The van der Waals surface area contributed by atoms with E-state index in [9.17, 15) is 14.4 Å². The second-order valence-electron chi connectivity index (χ2n) is 17.4. The number of esters is 3. The van der Waals surface area contributed by atoms with Crippen molar-refractivity contribution in [2.45, 2.75) is 245 Å². The standard InChI is InChI=1S/C59H98O6/c1-4-7-10-13-16-19-22-25-27-28-29-30-32-34-37-40-43-46-49-52-58(61)64-55-56(54-63-57(60)51-48-45-42-39-36-33-24-21-18-15-12-9-6-3)65-59(62)53-50-47-44-41-38-35-31-26-23-20-17-14-11-8-5-2/h8,11-12,15,17,20-21,24-27,31,38,41,47,50,56H,4-7,9-10,13-14,16,18-19,22-23,28-30,32-37,39-40,42-46,48-49,51-55H2,1-3H3/b11-8-,15-12-,20-17-,24-21-,27-25-,31-26-,41-38-,50-47-. The molecule has 0 saturated carbocycles. The summed E-state index contributed by atoms with van der Waals surface area (Å²) in [5.74, 6) is -1.07. The molecule has 6 nitrogen and oxygen atoms in total. The smallest absolute Gasteiger partial charge is 0.310 e. The normalized spacial score (nSPS) is 12.8. The fourth-order valence-electron chi connectivity index (χ4n) is 7.08. The van der Waals surface area contributed by atoms with Crippen LogP contribution in [0.2, 0.25) is 0 Å². The van der Waals surface area contributed by atoms with E-state index in [1.165, 1.54) is 96.3 Å². The molecule has 1 unspecified atom stereocenters. The van der Waals surface area contributed by atoms with Crippen LogP contribution in [0, 0.1) is 0 Å². The van der Waals surface area contributed by atoms with Gasteiger partial charge in [0.25, 0.3) is 0 Å². The van der Waals surface area contributed by atoms with Crippen molar-refractivity contribution in [1.82, 2.24) is 0 Å². The lowest BCUT2D eigenvalue weighted by atomic mass is 10.1. The number of hydrogen-bond acceptors (Lipinski definition) is 6. The highest BCUT2D eigenvalue weighted by Gasteiger charge is 2.19. The van der Waals surface area contributed by atoms with Crippen molar-refractivity contribution >= 4 is 17.9 Å². The van der Waals surface area contributed by atoms with Crippen LogP contribution in [0.1, 0.15) is 239 Å². The topological polar surface area (TPSA) is 78.9 Å². The summed E-state index contributed by atoms with van der Waals surface area (Å²) in [6, 6.07) is 0. The molecule has 0 radical (unpaired) electrons. The third kappa shape index (κ3) is 51.2. The molecule has 0 heterocycles. The van der Waals surface area contributed by atoms with Crippen molar-refractivity contribution in [2.75, 3.05) is 13.2 Å². The highest BCUT2D eigenvalue weighted by atomic mass is 16.6. The van der Waals surface area contributed by atoms with Gasteiger partial charge in [-0.2, -0.15) is 0 Å². The van der Waals surface area contributed by atoms with Crippen LogP contribution in [0.25, 0.3) is 0 Å². The van der Waals surface area contributed by atoms with Crippen LogP contribution in [0.3, 0.4) is 0 Å². The molecule has 0 N–H and O–H groups in total. The van der Waals surface area contributed by atoms with Crippen LogP contribution >= 0.6 is 0 Å². The van der Waals surface area contributed by atoms with Gasteiger partial charge in [-0.3, -0.25) is 14.4 Å². The number of carbonyl (C=O) groups is 3. The van der Waals surface area contributed by atoms with Crippen molar-refractivity contribution in [3.63, 3.8) is 0 Å². The molecule has 0 bridgehead atoms. The molecule has 370 valence electrons. The van der Waals surface area contributed by atoms with Crippen LogP contribution in [0.4, 0.5) is 0 Å². The molecule has 0 rings (SSSR count). The van der Waals surface area contributed by atoms with Crippen LogP contribution in [-0.2, 0) is 28.6 Å². The zero-order valence-electron chi connectivity index (χ0n) is 42.2. The molecule has 0 aromatic rings. The molecule has 0 aliphatic carbocycles. The van der Waals surface area contributed by atoms with Crippen LogP contribution < -0.4 is 0 Å². The van der Waals surface area contributed by atoms with E-state index in [-0.39, 0.29) is 31.6 Å². The van der Waals surface area contributed by atoms with Gasteiger partial charge in [0.1, 0.15) is 13.2 Å². The number of carbonyl (C=O) groups excluding carboxylic acids is 3. The first-order valence-electron chi connectivity index (χ1n) is 26.7. The van der Waals surface area contributed by atoms with Crippen molar-refractivity contribution < 1.29 is 28.6 Å². The molecule has 0 aliphatic heterocycles. The van der Waals surface area contributed by atoms with Crippen molar-refractivity contribution in [3.8, 4) is 0 Å². The Morgan fingerprint density at radius 2 is 0.677 bits per heavy atom. The van der Waals surface area contributed by atoms with Gasteiger partial charge in [0, 0.05) is 12.8 Å². The maximum Gasteiger partial charge on any atom is 0.310 e. The van der Waals surface area contributed by atoms with Gasteiger partial charge in [-0.25, -0.2) is 0 Å². The third-order valence-corrected chi connectivity index (χ3v) is 11.1. The molecule has 65 heavy (non-hydrogen) atoms. The Balaban J connectivity index is 4.48. The van der Waals surface area contributed by atoms with Gasteiger partial charge in [-0.15, -0.1) is 0 Å². The number of hydrogen-bond donors (Lipinski definition) is 0. The van der Waals surface area contributed by atoms with Crippen molar-refractivity contribution in [1.29, 1.82) is 0 Å². The van der Waals surface area contributed by atoms with Gasteiger partial charge in [-0.05, 0) is 96.3 Å². The van der Waals surface area contributed by atoms with Gasteiger partial charge in [-0.1, -0.05) is 221 Å². The van der Waals surface area contributed by atoms with E-state index in [4.69, 9.17) is 14.2 Å². The lowest BCUT2D eigenvalue weighted by molar-refractivity contribution is -0.166. The molecule has 0 aromatic carbocycles. The Labute approximate surface area is 400 Å². The second kappa shape index (κ2) is 52.9. The first kappa shape index (κ1) is 61.3. The van der Waals surface area contributed by atoms with Crippen LogP contribution in [0.15, 0.2) is 97.2 Å². The van der Waals surface area contributed by atoms with E-state index in [1.54, 1.807) is 6.08 Å². The first-order valence-corrected chi connectivity index (χ1v) is 26.7. The molecule has 1 atom stereocenters. The fraction of sp³-hybridized carbons (Fsp3) is 0.678. The van der Waals surface area contributed by atoms with E-state index in [0.29, 0.717) is 12.8 Å². The Morgan fingerprint density at radius 3 is 1.09 bits per heavy atom. The summed E-state index contributed by atoms with van der Waals surface area (Å²) in [6.07, 6.45) is 69.9. The minimum atomic E-state index is -0.838. The molecule has 0 amide bonds. The Hall–Kier alpha value is -3.67. The quantitative estimate of drug-likeness (QED) is 0.0262. The average molecular weight is 903 g/mol. The minimum absolute atomic E-state index is 0.0917. The number of ether oxygens (including phenoxy) is 3. The summed E-state index contributed by atoms with van der Waals surface area (Å²) in [5, 5.41) is 0. The number of rotatable bonds is 47. The third-order valence-electron chi connectivity index (χ3n) is 11.1. The molecule has 0 saturated heterocycles. The molecular weight excluding hydrogens is 805 g/mol. The monoisotopic (exact) mass is 903 g/mol. The summed E-state index contributed by atoms with van der Waals surface area (Å²) in [4.78, 5) is 38.0. The fourth-order valence-corrected chi connectivity index (χ4v) is 7.08. The lowest BCUT2D eigenvalue weighted by Crippen LogP contribution is -2.30. The zero-order chi connectivity index (χ0) is 47.2. The second-order valence-corrected chi connectivity index (χ2v) is 17.4. The number of unbranched alkanes of at least 4 members (excludes halogenated alkanes) is 21. The van der Waals surface area contributed by atoms with E-state index in [1.807, 2.05) is 6.08 Å². The van der Waals surface area contributed by atoms with E-state index in [2.05, 4.69) is 106 Å². The molecule has 0 aliphatic rings. The molecule has 0 fully saturated rings. The van der Waals surface area contributed by atoms with E-state index in [0.717, 1.165) is 103 Å². The Bertz CT molecular complexity index is 1310. The van der Waals surface area contributed by atoms with Crippen LogP contribution in [-0.4, -0.2) is 37.2 Å².